The maximum absolute atomic E-state index is 13.8. The molecule has 0 aromatic heterocycles. The van der Waals surface area contributed by atoms with Crippen molar-refractivity contribution in [3.05, 3.63) is 34.6 Å². The van der Waals surface area contributed by atoms with E-state index >= 15 is 0 Å². The smallest absolute Gasteiger partial charge is 0.320 e. The number of hydrogen-bond acceptors (Lipinski definition) is 3. The molecule has 0 saturated carbocycles. The summed E-state index contributed by atoms with van der Waals surface area (Å²) in [6.07, 6.45) is 3.20. The zero-order valence-corrected chi connectivity index (χ0v) is 14.2. The Balaban J connectivity index is 1.85. The lowest BCUT2D eigenvalue weighted by molar-refractivity contribution is -0.140. The van der Waals surface area contributed by atoms with Gasteiger partial charge in [0.1, 0.15) is 11.9 Å². The Hall–Kier alpha value is -1.17. The first kappa shape index (κ1) is 18.2. The van der Waals surface area contributed by atoms with E-state index in [1.54, 1.807) is 12.1 Å². The molecule has 23 heavy (non-hydrogen) atoms. The van der Waals surface area contributed by atoms with Crippen LogP contribution in [0.5, 0.6) is 0 Å². The first-order valence-corrected chi connectivity index (χ1v) is 8.53. The Morgan fingerprint density at radius 1 is 1.48 bits per heavy atom. The number of nitrogens with one attached hydrogen (secondary N) is 1. The molecule has 0 bridgehead atoms. The van der Waals surface area contributed by atoms with Crippen molar-refractivity contribution in [2.24, 2.45) is 0 Å². The van der Waals surface area contributed by atoms with Gasteiger partial charge in [0.05, 0.1) is 0 Å². The van der Waals surface area contributed by atoms with Gasteiger partial charge in [-0.15, -0.1) is 0 Å². The number of carboxylic acid groups (broad SMARTS) is 1. The fourth-order valence-corrected chi connectivity index (χ4v) is 3.24. The topological polar surface area (TPSA) is 52.6 Å². The van der Waals surface area contributed by atoms with Crippen LogP contribution in [0.1, 0.15) is 38.2 Å². The van der Waals surface area contributed by atoms with Crippen LogP contribution in [0.25, 0.3) is 0 Å². The molecule has 0 spiro atoms. The summed E-state index contributed by atoms with van der Waals surface area (Å²) in [4.78, 5) is 13.4. The van der Waals surface area contributed by atoms with E-state index in [2.05, 4.69) is 10.2 Å². The van der Waals surface area contributed by atoms with Gasteiger partial charge < -0.3 is 10.4 Å². The van der Waals surface area contributed by atoms with Gasteiger partial charge in [-0.05, 0) is 44.5 Å². The Labute approximate surface area is 141 Å². The molecular weight excluding hydrogens is 319 g/mol. The SMILES string of the molecule is CCCC(NC1CCN(Cc2c(F)cccc2Cl)CC1)C(=O)O. The number of carbonyl (C=O) groups is 1. The average molecular weight is 343 g/mol. The minimum atomic E-state index is -0.785. The number of likely N-dealkylation sites (tertiary alicyclic amines) is 1. The van der Waals surface area contributed by atoms with E-state index in [1.165, 1.54) is 6.07 Å². The third-order valence-corrected chi connectivity index (χ3v) is 4.70. The van der Waals surface area contributed by atoms with Crippen molar-refractivity contribution in [3.8, 4) is 0 Å². The van der Waals surface area contributed by atoms with Gasteiger partial charge in [-0.3, -0.25) is 9.69 Å². The number of rotatable bonds is 7. The van der Waals surface area contributed by atoms with Crippen LogP contribution in [0.15, 0.2) is 18.2 Å². The van der Waals surface area contributed by atoms with Gasteiger partial charge in [0.25, 0.3) is 0 Å². The minimum Gasteiger partial charge on any atom is -0.480 e. The van der Waals surface area contributed by atoms with Crippen LogP contribution in [-0.4, -0.2) is 41.1 Å². The molecule has 1 atom stereocenters. The zero-order valence-electron chi connectivity index (χ0n) is 13.4. The number of halogens is 2. The fourth-order valence-electron chi connectivity index (χ4n) is 3.02. The van der Waals surface area contributed by atoms with Crippen LogP contribution in [0.3, 0.4) is 0 Å². The van der Waals surface area contributed by atoms with Gasteiger partial charge in [0.15, 0.2) is 0 Å². The van der Waals surface area contributed by atoms with Gasteiger partial charge in [0, 0.05) is 23.2 Å². The van der Waals surface area contributed by atoms with Crippen molar-refractivity contribution < 1.29 is 14.3 Å². The van der Waals surface area contributed by atoms with E-state index in [0.717, 1.165) is 32.4 Å². The highest BCUT2D eigenvalue weighted by Gasteiger charge is 2.25. The molecule has 0 amide bonds. The second kappa shape index (κ2) is 8.62. The molecule has 1 aromatic rings. The standard InChI is InChI=1S/C17H24ClFN2O2/c1-2-4-16(17(22)23)20-12-7-9-21(10-8-12)11-13-14(18)5-3-6-15(13)19/h3,5-6,12,16,20H,2,4,7-11H2,1H3,(H,22,23). The second-order valence-corrected chi connectivity index (χ2v) is 6.50. The molecule has 1 heterocycles. The summed E-state index contributed by atoms with van der Waals surface area (Å²) in [5.41, 5.74) is 0.537. The summed E-state index contributed by atoms with van der Waals surface area (Å²) in [7, 11) is 0. The highest BCUT2D eigenvalue weighted by molar-refractivity contribution is 6.31. The van der Waals surface area contributed by atoms with Crippen LogP contribution in [-0.2, 0) is 11.3 Å². The third-order valence-electron chi connectivity index (χ3n) is 4.34. The predicted molar refractivity (Wildman–Crippen MR) is 89.2 cm³/mol. The zero-order chi connectivity index (χ0) is 16.8. The quantitative estimate of drug-likeness (QED) is 0.798. The summed E-state index contributed by atoms with van der Waals surface area (Å²) in [5.74, 6) is -1.06. The van der Waals surface area contributed by atoms with Crippen molar-refractivity contribution in [2.45, 2.75) is 51.2 Å². The lowest BCUT2D eigenvalue weighted by Gasteiger charge is -2.34. The van der Waals surface area contributed by atoms with Crippen LogP contribution < -0.4 is 5.32 Å². The molecule has 2 N–H and O–H groups in total. The molecule has 2 rings (SSSR count). The molecule has 6 heteroatoms. The number of aliphatic carboxylic acids is 1. The van der Waals surface area contributed by atoms with E-state index in [4.69, 9.17) is 11.6 Å². The van der Waals surface area contributed by atoms with Gasteiger partial charge in [-0.25, -0.2) is 4.39 Å². The molecule has 1 saturated heterocycles. The Bertz CT molecular complexity index is 513. The van der Waals surface area contributed by atoms with E-state index in [9.17, 15) is 14.3 Å². The van der Waals surface area contributed by atoms with E-state index in [-0.39, 0.29) is 11.9 Å². The number of nitrogens with zero attached hydrogens (tertiary/aromatic N) is 1. The highest BCUT2D eigenvalue weighted by atomic mass is 35.5. The average Bonchev–Trinajstić information content (AvgIpc) is 2.52. The Morgan fingerprint density at radius 2 is 2.17 bits per heavy atom. The molecule has 1 aromatic carbocycles. The van der Waals surface area contributed by atoms with Crippen molar-refractivity contribution in [2.75, 3.05) is 13.1 Å². The van der Waals surface area contributed by atoms with E-state index < -0.39 is 12.0 Å². The monoisotopic (exact) mass is 342 g/mol. The molecule has 0 aliphatic carbocycles. The molecule has 0 radical (unpaired) electrons. The number of hydrogen-bond donors (Lipinski definition) is 2. The fraction of sp³-hybridized carbons (Fsp3) is 0.588. The highest BCUT2D eigenvalue weighted by Crippen LogP contribution is 2.22. The van der Waals surface area contributed by atoms with Crippen molar-refractivity contribution in [3.63, 3.8) is 0 Å². The number of carboxylic acids is 1. The van der Waals surface area contributed by atoms with Crippen LogP contribution in [0, 0.1) is 5.82 Å². The first-order valence-electron chi connectivity index (χ1n) is 8.15. The molecule has 1 fully saturated rings. The number of piperidine rings is 1. The van der Waals surface area contributed by atoms with Crippen molar-refractivity contribution >= 4 is 17.6 Å². The normalized spacial score (nSPS) is 18.0. The molecule has 1 unspecified atom stereocenters. The summed E-state index contributed by atoms with van der Waals surface area (Å²) < 4.78 is 13.8. The number of benzene rings is 1. The van der Waals surface area contributed by atoms with Gasteiger partial charge in [-0.1, -0.05) is 31.0 Å². The van der Waals surface area contributed by atoms with E-state index in [0.29, 0.717) is 23.6 Å². The molecule has 4 nitrogen and oxygen atoms in total. The summed E-state index contributed by atoms with van der Waals surface area (Å²) >= 11 is 6.07. The van der Waals surface area contributed by atoms with Crippen LogP contribution >= 0.6 is 11.6 Å². The lowest BCUT2D eigenvalue weighted by atomic mass is 10.0. The lowest BCUT2D eigenvalue weighted by Crippen LogP contribution is -2.48. The third kappa shape index (κ3) is 5.16. The molecular formula is C17H24ClFN2O2. The molecule has 1 aliphatic heterocycles. The van der Waals surface area contributed by atoms with E-state index in [1.807, 2.05) is 6.92 Å². The van der Waals surface area contributed by atoms with Gasteiger partial charge >= 0.3 is 5.97 Å². The Kier molecular flexibility index (Phi) is 6.81. The first-order chi connectivity index (χ1) is 11.0. The Morgan fingerprint density at radius 3 is 2.74 bits per heavy atom. The van der Waals surface area contributed by atoms with Gasteiger partial charge in [-0.2, -0.15) is 0 Å². The maximum atomic E-state index is 13.8. The summed E-state index contributed by atoms with van der Waals surface area (Å²) in [6.45, 7) is 4.09. The largest absolute Gasteiger partial charge is 0.480 e. The summed E-state index contributed by atoms with van der Waals surface area (Å²) in [5, 5.41) is 12.9. The predicted octanol–water partition coefficient (Wildman–Crippen LogP) is 3.29. The van der Waals surface area contributed by atoms with Crippen LogP contribution in [0.2, 0.25) is 5.02 Å². The van der Waals surface area contributed by atoms with Crippen molar-refractivity contribution in [1.82, 2.24) is 10.2 Å². The van der Waals surface area contributed by atoms with Crippen molar-refractivity contribution in [1.29, 1.82) is 0 Å². The second-order valence-electron chi connectivity index (χ2n) is 6.10. The minimum absolute atomic E-state index is 0.204. The van der Waals surface area contributed by atoms with Crippen LogP contribution in [0.4, 0.5) is 4.39 Å². The molecule has 1 aliphatic rings. The maximum Gasteiger partial charge on any atom is 0.320 e. The summed E-state index contributed by atoms with van der Waals surface area (Å²) in [6, 6.07) is 4.47. The van der Waals surface area contributed by atoms with Gasteiger partial charge in [0.2, 0.25) is 0 Å². The molecule has 128 valence electrons.